The summed E-state index contributed by atoms with van der Waals surface area (Å²) in [5, 5.41) is 2.54. The van der Waals surface area contributed by atoms with Crippen molar-refractivity contribution in [2.45, 2.75) is 37.1 Å². The molecular weight excluding hydrogens is 368 g/mol. The van der Waals surface area contributed by atoms with E-state index >= 15 is 0 Å². The molecule has 1 fully saturated rings. The molecule has 138 valence electrons. The largest absolute Gasteiger partial charge is 0.467 e. The minimum Gasteiger partial charge on any atom is -0.467 e. The number of benzene rings is 1. The number of halogens is 1. The van der Waals surface area contributed by atoms with Gasteiger partial charge in [0.05, 0.1) is 22.6 Å². The molecule has 0 saturated carbocycles. The third kappa shape index (κ3) is 4.50. The lowest BCUT2D eigenvalue weighted by molar-refractivity contribution is -0.142. The van der Waals surface area contributed by atoms with Gasteiger partial charge >= 0.3 is 5.97 Å². The summed E-state index contributed by atoms with van der Waals surface area (Å²) >= 11 is 6.04. The summed E-state index contributed by atoms with van der Waals surface area (Å²) < 4.78 is 31.4. The number of hydrogen-bond acceptors (Lipinski definition) is 5. The van der Waals surface area contributed by atoms with Gasteiger partial charge in [0.15, 0.2) is 0 Å². The number of hydrogen-bond donors (Lipinski definition) is 1. The lowest BCUT2D eigenvalue weighted by Crippen LogP contribution is -2.39. The van der Waals surface area contributed by atoms with E-state index in [1.165, 1.54) is 36.5 Å². The first-order valence-corrected chi connectivity index (χ1v) is 9.77. The summed E-state index contributed by atoms with van der Waals surface area (Å²) in [6, 6.07) is 3.12. The quantitative estimate of drug-likeness (QED) is 0.776. The van der Waals surface area contributed by atoms with E-state index in [0.29, 0.717) is 13.1 Å². The fourth-order valence-electron chi connectivity index (χ4n) is 2.60. The zero-order chi connectivity index (χ0) is 18.6. The van der Waals surface area contributed by atoms with Crippen LogP contribution >= 0.6 is 11.6 Å². The van der Waals surface area contributed by atoms with Gasteiger partial charge < -0.3 is 10.1 Å². The van der Waals surface area contributed by atoms with E-state index in [1.807, 2.05) is 0 Å². The van der Waals surface area contributed by atoms with E-state index in [2.05, 4.69) is 10.1 Å². The van der Waals surface area contributed by atoms with Gasteiger partial charge in [0, 0.05) is 13.1 Å². The van der Waals surface area contributed by atoms with Crippen molar-refractivity contribution >= 4 is 33.5 Å². The Morgan fingerprint density at radius 3 is 2.48 bits per heavy atom. The number of carbonyl (C=O) groups excluding carboxylic acids is 2. The van der Waals surface area contributed by atoms with Gasteiger partial charge in [-0.2, -0.15) is 4.31 Å². The van der Waals surface area contributed by atoms with Gasteiger partial charge in [0.2, 0.25) is 10.0 Å². The Balaban J connectivity index is 2.27. The number of rotatable bonds is 5. The molecule has 1 aliphatic rings. The highest BCUT2D eigenvalue weighted by molar-refractivity contribution is 7.89. The minimum atomic E-state index is -3.68. The van der Waals surface area contributed by atoms with Gasteiger partial charge in [-0.05, 0) is 38.0 Å². The Kier molecular flexibility index (Phi) is 6.42. The van der Waals surface area contributed by atoms with Crippen LogP contribution in [0.3, 0.4) is 0 Å². The lowest BCUT2D eigenvalue weighted by Gasteiger charge is -2.26. The van der Waals surface area contributed by atoms with Gasteiger partial charge in [0.25, 0.3) is 5.91 Å². The fraction of sp³-hybridized carbons (Fsp3) is 0.500. The van der Waals surface area contributed by atoms with Crippen LogP contribution in [0.25, 0.3) is 0 Å². The number of ether oxygens (including phenoxy) is 1. The number of nitrogens with one attached hydrogen (secondary N) is 1. The normalized spacial score (nSPS) is 16.9. The molecule has 1 atom stereocenters. The van der Waals surface area contributed by atoms with Crippen molar-refractivity contribution in [1.29, 1.82) is 0 Å². The molecule has 1 saturated heterocycles. The second-order valence-electron chi connectivity index (χ2n) is 5.82. The highest BCUT2D eigenvalue weighted by atomic mass is 35.5. The van der Waals surface area contributed by atoms with Crippen molar-refractivity contribution in [2.24, 2.45) is 0 Å². The Morgan fingerprint density at radius 1 is 1.24 bits per heavy atom. The van der Waals surface area contributed by atoms with Crippen LogP contribution in [-0.4, -0.2) is 50.8 Å². The van der Waals surface area contributed by atoms with Crippen molar-refractivity contribution < 1.29 is 22.7 Å². The molecule has 0 aromatic heterocycles. The summed E-state index contributed by atoms with van der Waals surface area (Å²) in [5.74, 6) is -1.25. The number of methoxy groups -OCH3 is 1. The van der Waals surface area contributed by atoms with Crippen LogP contribution in [0.1, 0.15) is 36.5 Å². The van der Waals surface area contributed by atoms with Crippen molar-refractivity contribution in [3.05, 3.63) is 28.8 Å². The molecule has 1 aromatic rings. The summed E-state index contributed by atoms with van der Waals surface area (Å²) in [6.07, 6.45) is 2.64. The number of piperidine rings is 1. The van der Waals surface area contributed by atoms with Gasteiger partial charge in [-0.15, -0.1) is 0 Å². The molecule has 1 amide bonds. The monoisotopic (exact) mass is 388 g/mol. The maximum absolute atomic E-state index is 12.7. The van der Waals surface area contributed by atoms with E-state index < -0.39 is 27.9 Å². The number of nitrogens with zero attached hydrogens (tertiary/aromatic N) is 1. The van der Waals surface area contributed by atoms with Crippen LogP contribution in [0.4, 0.5) is 0 Å². The second kappa shape index (κ2) is 8.16. The van der Waals surface area contributed by atoms with E-state index in [1.54, 1.807) is 0 Å². The fourth-order valence-corrected chi connectivity index (χ4v) is 4.35. The predicted octanol–water partition coefficient (Wildman–Crippen LogP) is 1.81. The average molecular weight is 389 g/mol. The maximum atomic E-state index is 12.7. The molecule has 2 rings (SSSR count). The molecule has 0 bridgehead atoms. The number of amides is 1. The summed E-state index contributed by atoms with van der Waals surface area (Å²) in [6.45, 7) is 2.39. The van der Waals surface area contributed by atoms with Crippen molar-refractivity contribution in [3.8, 4) is 0 Å². The Bertz CT molecular complexity index is 760. The Labute approximate surface area is 152 Å². The lowest BCUT2D eigenvalue weighted by atomic mass is 10.2. The van der Waals surface area contributed by atoms with Gasteiger partial charge in [-0.1, -0.05) is 18.0 Å². The standard InChI is InChI=1S/C16H21ClN2O5S/c1-11(16(21)24-2)18-15(20)13-10-12(6-7-14(13)17)25(22,23)19-8-4-3-5-9-19/h6-7,10-11H,3-5,8-9H2,1-2H3,(H,18,20)/t11-/m1/s1. The number of sulfonamides is 1. The highest BCUT2D eigenvalue weighted by Crippen LogP contribution is 2.25. The molecule has 7 nitrogen and oxygen atoms in total. The van der Waals surface area contributed by atoms with Crippen LogP contribution in [0, 0.1) is 0 Å². The smallest absolute Gasteiger partial charge is 0.328 e. The number of esters is 1. The molecular formula is C16H21ClN2O5S. The molecule has 1 heterocycles. The van der Waals surface area contributed by atoms with Gasteiger partial charge in [-0.25, -0.2) is 13.2 Å². The minimum absolute atomic E-state index is 0.00416. The molecule has 1 N–H and O–H groups in total. The zero-order valence-corrected chi connectivity index (χ0v) is 15.7. The van der Waals surface area contributed by atoms with Crippen molar-refractivity contribution in [3.63, 3.8) is 0 Å². The first kappa shape index (κ1) is 19.7. The van der Waals surface area contributed by atoms with Crippen LogP contribution in [0.5, 0.6) is 0 Å². The average Bonchev–Trinajstić information content (AvgIpc) is 2.61. The molecule has 9 heteroatoms. The van der Waals surface area contributed by atoms with Crippen LogP contribution < -0.4 is 5.32 Å². The first-order chi connectivity index (χ1) is 11.8. The Hall–Kier alpha value is -1.64. The van der Waals surface area contributed by atoms with Crippen LogP contribution in [0.2, 0.25) is 5.02 Å². The molecule has 1 aromatic carbocycles. The number of carbonyl (C=O) groups is 2. The molecule has 1 aliphatic heterocycles. The summed E-state index contributed by atoms with van der Waals surface area (Å²) in [7, 11) is -2.47. The van der Waals surface area contributed by atoms with Gasteiger partial charge in [0.1, 0.15) is 6.04 Å². The van der Waals surface area contributed by atoms with E-state index in [4.69, 9.17) is 11.6 Å². The summed E-state index contributed by atoms with van der Waals surface area (Å²) in [5.41, 5.74) is -0.00416. The second-order valence-corrected chi connectivity index (χ2v) is 8.17. The van der Waals surface area contributed by atoms with Crippen LogP contribution in [-0.2, 0) is 19.6 Å². The third-order valence-electron chi connectivity index (χ3n) is 4.04. The SMILES string of the molecule is COC(=O)[C@@H](C)NC(=O)c1cc(S(=O)(=O)N2CCCCC2)ccc1Cl. The molecule has 25 heavy (non-hydrogen) atoms. The topological polar surface area (TPSA) is 92.8 Å². The first-order valence-electron chi connectivity index (χ1n) is 7.95. The highest BCUT2D eigenvalue weighted by Gasteiger charge is 2.27. The van der Waals surface area contributed by atoms with Crippen LogP contribution in [0.15, 0.2) is 23.1 Å². The molecule has 0 aliphatic carbocycles. The molecule has 0 radical (unpaired) electrons. The summed E-state index contributed by atoms with van der Waals surface area (Å²) in [4.78, 5) is 23.8. The zero-order valence-electron chi connectivity index (χ0n) is 14.1. The molecule has 0 unspecified atom stereocenters. The molecule has 0 spiro atoms. The van der Waals surface area contributed by atoms with E-state index in [0.717, 1.165) is 19.3 Å². The van der Waals surface area contributed by atoms with Gasteiger partial charge in [-0.3, -0.25) is 4.79 Å². The van der Waals surface area contributed by atoms with Crippen molar-refractivity contribution in [1.82, 2.24) is 9.62 Å². The Morgan fingerprint density at radius 2 is 1.88 bits per heavy atom. The maximum Gasteiger partial charge on any atom is 0.328 e. The third-order valence-corrected chi connectivity index (χ3v) is 6.26. The van der Waals surface area contributed by atoms with Crippen molar-refractivity contribution in [2.75, 3.05) is 20.2 Å². The van der Waals surface area contributed by atoms with E-state index in [-0.39, 0.29) is 15.5 Å². The predicted molar refractivity (Wildman–Crippen MR) is 93.0 cm³/mol. The van der Waals surface area contributed by atoms with E-state index in [9.17, 15) is 18.0 Å².